The number of aromatic nitrogens is 1. The molecule has 18 heavy (non-hydrogen) atoms. The summed E-state index contributed by atoms with van der Waals surface area (Å²) in [7, 11) is 1.43. The summed E-state index contributed by atoms with van der Waals surface area (Å²) in [5.41, 5.74) is 17.0. The van der Waals surface area contributed by atoms with Gasteiger partial charge in [0.2, 0.25) is 5.91 Å². The third-order valence-corrected chi connectivity index (χ3v) is 2.65. The molecular formula is C11H12N4O3. The molecule has 7 nitrogen and oxygen atoms in total. The summed E-state index contributed by atoms with van der Waals surface area (Å²) in [5.74, 6) is -0.842. The second-order valence-electron chi connectivity index (χ2n) is 3.74. The van der Waals surface area contributed by atoms with Crippen LogP contribution in [0.2, 0.25) is 0 Å². The van der Waals surface area contributed by atoms with Gasteiger partial charge in [0.25, 0.3) is 5.91 Å². The Morgan fingerprint density at radius 3 is 2.39 bits per heavy atom. The fraction of sp³-hybridized carbons (Fsp3) is 0.0909. The molecule has 1 aromatic carbocycles. The highest BCUT2D eigenvalue weighted by Crippen LogP contribution is 2.32. The smallest absolute Gasteiger partial charge is 0.253 e. The Bertz CT molecular complexity index is 660. The molecule has 0 aliphatic carbocycles. The number of carbonyl (C=O) groups is 2. The number of methoxy groups -OCH3 is 1. The molecule has 0 saturated carbocycles. The summed E-state index contributed by atoms with van der Waals surface area (Å²) in [6.07, 6.45) is 0. The number of anilines is 1. The number of nitrogens with one attached hydrogen (secondary N) is 1. The average Bonchev–Trinajstić information content (AvgIpc) is 2.63. The van der Waals surface area contributed by atoms with E-state index in [1.165, 1.54) is 19.2 Å². The number of carbonyl (C=O) groups excluding carboxylic acids is 2. The molecule has 2 aromatic rings. The van der Waals surface area contributed by atoms with Crippen LogP contribution in [0.5, 0.6) is 5.75 Å². The van der Waals surface area contributed by atoms with Gasteiger partial charge in [-0.15, -0.1) is 0 Å². The number of hydrogen-bond acceptors (Lipinski definition) is 4. The van der Waals surface area contributed by atoms with Crippen molar-refractivity contribution in [3.63, 3.8) is 0 Å². The molecule has 0 aliphatic heterocycles. The Morgan fingerprint density at radius 2 is 1.89 bits per heavy atom. The van der Waals surface area contributed by atoms with Gasteiger partial charge in [0.05, 0.1) is 18.2 Å². The number of hydrogen-bond donors (Lipinski definition) is 4. The molecule has 0 saturated heterocycles. The van der Waals surface area contributed by atoms with Crippen LogP contribution in [-0.4, -0.2) is 23.9 Å². The summed E-state index contributed by atoms with van der Waals surface area (Å²) in [5, 5.41) is 0.410. The number of rotatable bonds is 3. The highest BCUT2D eigenvalue weighted by Gasteiger charge is 2.19. The summed E-state index contributed by atoms with van der Waals surface area (Å²) < 4.78 is 5.12. The van der Waals surface area contributed by atoms with E-state index in [0.717, 1.165) is 0 Å². The summed E-state index contributed by atoms with van der Waals surface area (Å²) in [4.78, 5) is 25.3. The molecule has 2 rings (SSSR count). The molecule has 2 amide bonds. The maximum Gasteiger partial charge on any atom is 0.253 e. The first-order valence-corrected chi connectivity index (χ1v) is 5.04. The highest BCUT2D eigenvalue weighted by atomic mass is 16.5. The summed E-state index contributed by atoms with van der Waals surface area (Å²) in [6.45, 7) is 0. The standard InChI is InChI=1S/C11H12N4O3/c1-18-6-3-4(10(13)16)2-5-7(11(14)17)9(12)15-8(5)6/h2-3,15H,12H2,1H3,(H2,13,16)(H2,14,17). The number of aromatic amines is 1. The van der Waals surface area contributed by atoms with Crippen molar-refractivity contribution < 1.29 is 14.3 Å². The van der Waals surface area contributed by atoms with Crippen LogP contribution in [-0.2, 0) is 0 Å². The van der Waals surface area contributed by atoms with Gasteiger partial charge in [-0.3, -0.25) is 9.59 Å². The van der Waals surface area contributed by atoms with Gasteiger partial charge in [0.15, 0.2) is 0 Å². The lowest BCUT2D eigenvalue weighted by Crippen LogP contribution is -2.13. The topological polar surface area (TPSA) is 137 Å². The van der Waals surface area contributed by atoms with E-state index in [1.54, 1.807) is 0 Å². The molecule has 1 aromatic heterocycles. The van der Waals surface area contributed by atoms with E-state index in [2.05, 4.69) is 4.98 Å². The van der Waals surface area contributed by atoms with E-state index in [4.69, 9.17) is 21.9 Å². The van der Waals surface area contributed by atoms with Crippen molar-refractivity contribution in [1.29, 1.82) is 0 Å². The van der Waals surface area contributed by atoms with Crippen molar-refractivity contribution in [2.45, 2.75) is 0 Å². The fourth-order valence-electron chi connectivity index (χ4n) is 1.85. The maximum atomic E-state index is 11.3. The van der Waals surface area contributed by atoms with Crippen LogP contribution in [0.4, 0.5) is 5.82 Å². The van der Waals surface area contributed by atoms with Crippen LogP contribution in [0.1, 0.15) is 20.7 Å². The monoisotopic (exact) mass is 248 g/mol. The van der Waals surface area contributed by atoms with E-state index in [-0.39, 0.29) is 16.9 Å². The molecular weight excluding hydrogens is 236 g/mol. The van der Waals surface area contributed by atoms with E-state index in [1.807, 2.05) is 0 Å². The molecule has 0 radical (unpaired) electrons. The van der Waals surface area contributed by atoms with Gasteiger partial charge >= 0.3 is 0 Å². The Labute approximate surface area is 102 Å². The number of primary amides is 2. The van der Waals surface area contributed by atoms with Crippen LogP contribution in [0.25, 0.3) is 10.9 Å². The zero-order valence-electron chi connectivity index (χ0n) is 9.61. The lowest BCUT2D eigenvalue weighted by Gasteiger charge is -2.04. The third kappa shape index (κ3) is 1.61. The quantitative estimate of drug-likeness (QED) is 0.605. The number of ether oxygens (including phenoxy) is 1. The van der Waals surface area contributed by atoms with Crippen LogP contribution in [0.3, 0.4) is 0 Å². The van der Waals surface area contributed by atoms with E-state index >= 15 is 0 Å². The van der Waals surface area contributed by atoms with Gasteiger partial charge < -0.3 is 26.9 Å². The van der Waals surface area contributed by atoms with E-state index in [9.17, 15) is 9.59 Å². The van der Waals surface area contributed by atoms with Crippen molar-refractivity contribution in [3.05, 3.63) is 23.3 Å². The zero-order valence-corrected chi connectivity index (χ0v) is 9.61. The lowest BCUT2D eigenvalue weighted by molar-refractivity contribution is 0.0991. The Balaban J connectivity index is 2.89. The van der Waals surface area contributed by atoms with Gasteiger partial charge in [-0.1, -0.05) is 0 Å². The number of nitrogen functional groups attached to an aromatic ring is 1. The second-order valence-corrected chi connectivity index (χ2v) is 3.74. The van der Waals surface area contributed by atoms with Gasteiger partial charge in [-0.25, -0.2) is 0 Å². The molecule has 0 unspecified atom stereocenters. The zero-order chi connectivity index (χ0) is 13.4. The van der Waals surface area contributed by atoms with Crippen molar-refractivity contribution in [3.8, 4) is 5.75 Å². The van der Waals surface area contributed by atoms with Crippen molar-refractivity contribution in [2.24, 2.45) is 11.5 Å². The lowest BCUT2D eigenvalue weighted by atomic mass is 10.1. The van der Waals surface area contributed by atoms with E-state index in [0.29, 0.717) is 16.7 Å². The summed E-state index contributed by atoms with van der Waals surface area (Å²) in [6, 6.07) is 2.92. The molecule has 0 spiro atoms. The molecule has 0 bridgehead atoms. The first kappa shape index (κ1) is 11.8. The molecule has 94 valence electrons. The predicted octanol–water partition coefficient (Wildman–Crippen LogP) is -0.0435. The summed E-state index contributed by atoms with van der Waals surface area (Å²) >= 11 is 0. The Kier molecular flexibility index (Phi) is 2.59. The normalized spacial score (nSPS) is 10.5. The largest absolute Gasteiger partial charge is 0.495 e. The molecule has 0 fully saturated rings. The second kappa shape index (κ2) is 3.95. The van der Waals surface area contributed by atoms with Gasteiger partial charge in [0.1, 0.15) is 11.6 Å². The first-order chi connectivity index (χ1) is 8.45. The highest BCUT2D eigenvalue weighted by molar-refractivity contribution is 6.13. The Hall–Kier alpha value is -2.70. The number of nitrogens with two attached hydrogens (primary N) is 3. The van der Waals surface area contributed by atoms with Crippen LogP contribution in [0.15, 0.2) is 12.1 Å². The number of H-pyrrole nitrogens is 1. The van der Waals surface area contributed by atoms with Crippen LogP contribution < -0.4 is 21.9 Å². The van der Waals surface area contributed by atoms with Crippen LogP contribution >= 0.6 is 0 Å². The van der Waals surface area contributed by atoms with Crippen molar-refractivity contribution in [1.82, 2.24) is 4.98 Å². The first-order valence-electron chi connectivity index (χ1n) is 5.04. The molecule has 1 heterocycles. The SMILES string of the molecule is COc1cc(C(N)=O)cc2c(C(N)=O)c(N)[nH]c12. The van der Waals surface area contributed by atoms with Gasteiger partial charge in [0, 0.05) is 10.9 Å². The number of benzene rings is 1. The van der Waals surface area contributed by atoms with Crippen molar-refractivity contribution in [2.75, 3.05) is 12.8 Å². The van der Waals surface area contributed by atoms with Gasteiger partial charge in [-0.05, 0) is 12.1 Å². The fourth-order valence-corrected chi connectivity index (χ4v) is 1.85. The molecule has 0 atom stereocenters. The third-order valence-electron chi connectivity index (χ3n) is 2.65. The molecule has 0 aliphatic rings. The predicted molar refractivity (Wildman–Crippen MR) is 66.3 cm³/mol. The minimum absolute atomic E-state index is 0.117. The maximum absolute atomic E-state index is 11.3. The minimum atomic E-state index is -0.692. The van der Waals surface area contributed by atoms with E-state index < -0.39 is 11.8 Å². The number of fused-ring (bicyclic) bond motifs is 1. The molecule has 7 heteroatoms. The number of amides is 2. The van der Waals surface area contributed by atoms with Crippen LogP contribution in [0, 0.1) is 0 Å². The minimum Gasteiger partial charge on any atom is -0.495 e. The van der Waals surface area contributed by atoms with Crippen molar-refractivity contribution >= 4 is 28.5 Å². The average molecular weight is 248 g/mol. The molecule has 7 N–H and O–H groups in total. The Morgan fingerprint density at radius 1 is 1.22 bits per heavy atom. The van der Waals surface area contributed by atoms with Gasteiger partial charge in [-0.2, -0.15) is 0 Å².